The summed E-state index contributed by atoms with van der Waals surface area (Å²) < 4.78 is 0. The lowest BCUT2D eigenvalue weighted by atomic mass is 9.91. The van der Waals surface area contributed by atoms with E-state index >= 15 is 0 Å². The van der Waals surface area contributed by atoms with Crippen LogP contribution in [0.5, 0.6) is 0 Å². The standard InChI is InChI=1S/C15H28ClN3O2/c1-10(16)13(20)19-8-6-7-12(9-19)11(2)17-14(21)18-15(3,4)5/h10-12H,6-9H2,1-5H3,(H2,17,18,21). The van der Waals surface area contributed by atoms with Gasteiger partial charge in [0.25, 0.3) is 0 Å². The zero-order valence-electron chi connectivity index (χ0n) is 13.7. The van der Waals surface area contributed by atoms with Gasteiger partial charge in [-0.1, -0.05) is 0 Å². The Morgan fingerprint density at radius 3 is 2.43 bits per heavy atom. The number of carbonyl (C=O) groups is 2. The highest BCUT2D eigenvalue weighted by Gasteiger charge is 2.29. The number of nitrogens with zero attached hydrogens (tertiary/aromatic N) is 1. The Morgan fingerprint density at radius 1 is 1.29 bits per heavy atom. The van der Waals surface area contributed by atoms with E-state index in [1.54, 1.807) is 6.92 Å². The maximum Gasteiger partial charge on any atom is 0.315 e. The van der Waals surface area contributed by atoms with Gasteiger partial charge in [-0.3, -0.25) is 4.79 Å². The molecule has 1 aliphatic heterocycles. The van der Waals surface area contributed by atoms with Crippen molar-refractivity contribution in [2.75, 3.05) is 13.1 Å². The smallest absolute Gasteiger partial charge is 0.315 e. The molecule has 1 aliphatic rings. The molecule has 5 nitrogen and oxygen atoms in total. The summed E-state index contributed by atoms with van der Waals surface area (Å²) in [5, 5.41) is 5.37. The quantitative estimate of drug-likeness (QED) is 0.785. The number of piperidine rings is 1. The van der Waals surface area contributed by atoms with E-state index in [0.717, 1.165) is 19.4 Å². The van der Waals surface area contributed by atoms with Crippen molar-refractivity contribution < 1.29 is 9.59 Å². The number of alkyl halides is 1. The van der Waals surface area contributed by atoms with E-state index in [9.17, 15) is 9.59 Å². The molecule has 0 aromatic carbocycles. The van der Waals surface area contributed by atoms with Crippen molar-refractivity contribution in [3.05, 3.63) is 0 Å². The number of hydrogen-bond donors (Lipinski definition) is 2. The fourth-order valence-corrected chi connectivity index (χ4v) is 2.71. The molecule has 6 heteroatoms. The van der Waals surface area contributed by atoms with Crippen LogP contribution in [0.25, 0.3) is 0 Å². The Labute approximate surface area is 132 Å². The molecule has 1 fully saturated rings. The molecule has 3 unspecified atom stereocenters. The van der Waals surface area contributed by atoms with Crippen molar-refractivity contribution in [2.45, 2.75) is 64.4 Å². The van der Waals surface area contributed by atoms with Gasteiger partial charge >= 0.3 is 6.03 Å². The monoisotopic (exact) mass is 317 g/mol. The number of rotatable bonds is 3. The van der Waals surface area contributed by atoms with E-state index in [1.807, 2.05) is 32.6 Å². The first-order valence-electron chi connectivity index (χ1n) is 7.61. The third kappa shape index (κ3) is 6.12. The van der Waals surface area contributed by atoms with Crippen molar-refractivity contribution in [3.8, 4) is 0 Å². The summed E-state index contributed by atoms with van der Waals surface area (Å²) in [5.41, 5.74) is -0.258. The maximum atomic E-state index is 12.0. The highest BCUT2D eigenvalue weighted by atomic mass is 35.5. The molecular formula is C15H28ClN3O2. The summed E-state index contributed by atoms with van der Waals surface area (Å²) >= 11 is 5.87. The number of halogens is 1. The Bertz CT molecular complexity index is 380. The van der Waals surface area contributed by atoms with Crippen molar-refractivity contribution in [1.82, 2.24) is 15.5 Å². The third-order valence-electron chi connectivity index (χ3n) is 3.66. The molecule has 0 aliphatic carbocycles. The summed E-state index contributed by atoms with van der Waals surface area (Å²) in [6, 6.07) is -0.141. The Hall–Kier alpha value is -0.970. The average molecular weight is 318 g/mol. The average Bonchev–Trinajstić information content (AvgIpc) is 2.35. The normalized spacial score (nSPS) is 22.4. The van der Waals surface area contributed by atoms with E-state index in [-0.39, 0.29) is 29.4 Å². The molecule has 2 N–H and O–H groups in total. The van der Waals surface area contributed by atoms with Gasteiger partial charge in [0.05, 0.1) is 0 Å². The van der Waals surface area contributed by atoms with Gasteiger partial charge in [0.1, 0.15) is 5.38 Å². The highest BCUT2D eigenvalue weighted by Crippen LogP contribution is 2.21. The number of amides is 3. The van der Waals surface area contributed by atoms with Crippen LogP contribution < -0.4 is 10.6 Å². The number of urea groups is 1. The van der Waals surface area contributed by atoms with E-state index in [1.165, 1.54) is 0 Å². The topological polar surface area (TPSA) is 61.4 Å². The summed E-state index contributed by atoms with van der Waals surface area (Å²) in [6.07, 6.45) is 1.96. The zero-order valence-corrected chi connectivity index (χ0v) is 14.5. The second kappa shape index (κ2) is 7.34. The van der Waals surface area contributed by atoms with Crippen LogP contribution in [0.4, 0.5) is 4.79 Å². The molecule has 1 heterocycles. The number of carbonyl (C=O) groups excluding carboxylic acids is 2. The molecule has 0 aromatic rings. The SMILES string of the molecule is CC(Cl)C(=O)N1CCCC(C(C)NC(=O)NC(C)(C)C)C1. The molecule has 3 amide bonds. The molecule has 21 heavy (non-hydrogen) atoms. The minimum Gasteiger partial charge on any atom is -0.341 e. The second-order valence-corrected chi connectivity index (χ2v) is 7.59. The van der Waals surface area contributed by atoms with Gasteiger partial charge in [-0.2, -0.15) is 0 Å². The predicted molar refractivity (Wildman–Crippen MR) is 85.5 cm³/mol. The van der Waals surface area contributed by atoms with Crippen LogP contribution in [0.1, 0.15) is 47.5 Å². The minimum atomic E-state index is -0.490. The Kier molecular flexibility index (Phi) is 6.32. The van der Waals surface area contributed by atoms with E-state index in [0.29, 0.717) is 6.54 Å². The van der Waals surface area contributed by atoms with Crippen molar-refractivity contribution in [2.24, 2.45) is 5.92 Å². The van der Waals surface area contributed by atoms with Gasteiger partial charge in [-0.15, -0.1) is 11.6 Å². The molecule has 122 valence electrons. The molecule has 0 spiro atoms. The lowest BCUT2D eigenvalue weighted by Gasteiger charge is -2.36. The van der Waals surface area contributed by atoms with Crippen LogP contribution >= 0.6 is 11.6 Å². The third-order valence-corrected chi connectivity index (χ3v) is 3.85. The molecule has 1 rings (SSSR count). The van der Waals surface area contributed by atoms with Crippen LogP contribution in [0.3, 0.4) is 0 Å². The van der Waals surface area contributed by atoms with Crippen LogP contribution in [0.2, 0.25) is 0 Å². The fourth-order valence-electron chi connectivity index (χ4n) is 2.57. The van der Waals surface area contributed by atoms with Crippen LogP contribution in [-0.2, 0) is 4.79 Å². The van der Waals surface area contributed by atoms with Crippen LogP contribution in [0, 0.1) is 5.92 Å². The van der Waals surface area contributed by atoms with E-state index < -0.39 is 5.38 Å². The summed E-state index contributed by atoms with van der Waals surface area (Å²) in [6.45, 7) is 10.9. The Balaban J connectivity index is 2.52. The maximum absolute atomic E-state index is 12.0. The van der Waals surface area contributed by atoms with Gasteiger partial charge < -0.3 is 15.5 Å². The van der Waals surface area contributed by atoms with Crippen LogP contribution in [-0.4, -0.2) is 46.9 Å². The lowest BCUT2D eigenvalue weighted by molar-refractivity contribution is -0.132. The molecule has 1 saturated heterocycles. The summed E-state index contributed by atoms with van der Waals surface area (Å²) in [5.74, 6) is 0.247. The Morgan fingerprint density at radius 2 is 1.90 bits per heavy atom. The lowest BCUT2D eigenvalue weighted by Crippen LogP contribution is -2.53. The summed E-state index contributed by atoms with van der Waals surface area (Å²) in [4.78, 5) is 25.7. The molecule has 0 bridgehead atoms. The van der Waals surface area contributed by atoms with Crippen molar-refractivity contribution in [3.63, 3.8) is 0 Å². The predicted octanol–water partition coefficient (Wildman–Crippen LogP) is 2.34. The first-order valence-corrected chi connectivity index (χ1v) is 8.05. The highest BCUT2D eigenvalue weighted by molar-refractivity contribution is 6.30. The van der Waals surface area contributed by atoms with E-state index in [2.05, 4.69) is 10.6 Å². The first-order chi connectivity index (χ1) is 9.60. The molecule has 3 atom stereocenters. The van der Waals surface area contributed by atoms with Gasteiger partial charge in [-0.05, 0) is 53.4 Å². The number of likely N-dealkylation sites (tertiary alicyclic amines) is 1. The van der Waals surface area contributed by atoms with E-state index in [4.69, 9.17) is 11.6 Å². The molecule has 0 saturated carbocycles. The number of nitrogens with one attached hydrogen (secondary N) is 2. The first kappa shape index (κ1) is 18.1. The molecular weight excluding hydrogens is 290 g/mol. The number of hydrogen-bond acceptors (Lipinski definition) is 2. The van der Waals surface area contributed by atoms with Crippen molar-refractivity contribution in [1.29, 1.82) is 0 Å². The zero-order chi connectivity index (χ0) is 16.2. The van der Waals surface area contributed by atoms with Gasteiger partial charge in [0.2, 0.25) is 5.91 Å². The molecule has 0 aromatic heterocycles. The van der Waals surface area contributed by atoms with Gasteiger partial charge in [0.15, 0.2) is 0 Å². The van der Waals surface area contributed by atoms with Gasteiger partial charge in [0, 0.05) is 24.7 Å². The minimum absolute atomic E-state index is 0.0206. The molecule has 0 radical (unpaired) electrons. The fraction of sp³-hybridized carbons (Fsp3) is 0.867. The largest absolute Gasteiger partial charge is 0.341 e. The van der Waals surface area contributed by atoms with Gasteiger partial charge in [-0.25, -0.2) is 4.79 Å². The van der Waals surface area contributed by atoms with Crippen LogP contribution in [0.15, 0.2) is 0 Å². The van der Waals surface area contributed by atoms with Crippen molar-refractivity contribution >= 4 is 23.5 Å². The second-order valence-electron chi connectivity index (χ2n) is 6.94. The summed E-state index contributed by atoms with van der Waals surface area (Å²) in [7, 11) is 0.